The van der Waals surface area contributed by atoms with Crippen LogP contribution in [0.2, 0.25) is 5.02 Å². The molecule has 1 aliphatic heterocycles. The van der Waals surface area contributed by atoms with Crippen molar-refractivity contribution in [2.45, 2.75) is 26.2 Å². The third-order valence-corrected chi connectivity index (χ3v) is 5.85. The summed E-state index contributed by atoms with van der Waals surface area (Å²) in [6, 6.07) is 21.8. The van der Waals surface area contributed by atoms with Crippen LogP contribution in [0, 0.1) is 0 Å². The molecule has 0 saturated carbocycles. The number of carbonyl (C=O) groups is 2. The number of benzene rings is 3. The molecular formula is C27H23ClN2O3S. The van der Waals surface area contributed by atoms with Crippen molar-refractivity contribution >= 4 is 52.5 Å². The standard InChI is InChI=1S/C27H23ClN2O3S/c1-27(2,3)18-7-13-21(14-8-18)33-22-6-4-5-17(15-22)16-23-24(31)29-26(34)30(25(23)32)20-11-9-19(28)10-12-20/h4-16H,1-3H3,(H,29,31,34)/b23-16-. The van der Waals surface area contributed by atoms with Crippen molar-refractivity contribution in [1.29, 1.82) is 0 Å². The van der Waals surface area contributed by atoms with E-state index in [0.29, 0.717) is 27.8 Å². The van der Waals surface area contributed by atoms with Gasteiger partial charge in [0.15, 0.2) is 5.11 Å². The van der Waals surface area contributed by atoms with Crippen LogP contribution in [0.3, 0.4) is 0 Å². The maximum Gasteiger partial charge on any atom is 0.270 e. The van der Waals surface area contributed by atoms with Crippen molar-refractivity contribution in [3.63, 3.8) is 0 Å². The SMILES string of the molecule is CC(C)(C)c1ccc(Oc2cccc(/C=C3/C(=O)NC(=S)N(c4ccc(Cl)cc4)C3=O)c2)cc1. The summed E-state index contributed by atoms with van der Waals surface area (Å²) in [6.07, 6.45) is 1.53. The summed E-state index contributed by atoms with van der Waals surface area (Å²) in [5.41, 5.74) is 2.39. The van der Waals surface area contributed by atoms with E-state index in [4.69, 9.17) is 28.6 Å². The first-order valence-corrected chi connectivity index (χ1v) is 11.5. The van der Waals surface area contributed by atoms with Crippen molar-refractivity contribution in [2.24, 2.45) is 0 Å². The maximum atomic E-state index is 13.2. The highest BCUT2D eigenvalue weighted by atomic mass is 35.5. The summed E-state index contributed by atoms with van der Waals surface area (Å²) >= 11 is 11.2. The summed E-state index contributed by atoms with van der Waals surface area (Å²) in [4.78, 5) is 27.0. The van der Waals surface area contributed by atoms with Crippen molar-refractivity contribution in [1.82, 2.24) is 5.32 Å². The Hall–Kier alpha value is -3.48. The Morgan fingerprint density at radius 3 is 2.26 bits per heavy atom. The number of rotatable bonds is 4. The Balaban J connectivity index is 1.59. The molecule has 5 nitrogen and oxygen atoms in total. The molecule has 34 heavy (non-hydrogen) atoms. The zero-order valence-corrected chi connectivity index (χ0v) is 20.5. The van der Waals surface area contributed by atoms with Crippen molar-refractivity contribution in [2.75, 3.05) is 4.90 Å². The second-order valence-corrected chi connectivity index (χ2v) is 9.71. The van der Waals surface area contributed by atoms with Crippen molar-refractivity contribution in [3.05, 3.63) is 94.5 Å². The van der Waals surface area contributed by atoms with Crippen molar-refractivity contribution < 1.29 is 14.3 Å². The van der Waals surface area contributed by atoms with Crippen LogP contribution in [0.4, 0.5) is 5.69 Å². The van der Waals surface area contributed by atoms with E-state index in [0.717, 1.165) is 0 Å². The van der Waals surface area contributed by atoms with Crippen LogP contribution in [0.15, 0.2) is 78.4 Å². The highest BCUT2D eigenvalue weighted by Crippen LogP contribution is 2.28. The summed E-state index contributed by atoms with van der Waals surface area (Å²) in [6.45, 7) is 6.47. The molecule has 0 radical (unpaired) electrons. The third-order valence-electron chi connectivity index (χ3n) is 5.31. The van der Waals surface area contributed by atoms with Gasteiger partial charge in [-0.05, 0) is 83.4 Å². The molecule has 1 N–H and O–H groups in total. The lowest BCUT2D eigenvalue weighted by Crippen LogP contribution is -2.54. The first kappa shape index (κ1) is 23.7. The molecule has 1 saturated heterocycles. The molecular weight excluding hydrogens is 468 g/mol. The van der Waals surface area contributed by atoms with Crippen LogP contribution < -0.4 is 15.0 Å². The Bertz CT molecular complexity index is 1290. The zero-order valence-electron chi connectivity index (χ0n) is 19.0. The Morgan fingerprint density at radius 1 is 0.941 bits per heavy atom. The summed E-state index contributed by atoms with van der Waals surface area (Å²) < 4.78 is 5.99. The van der Waals surface area contributed by atoms with E-state index in [9.17, 15) is 9.59 Å². The number of hydrogen-bond donors (Lipinski definition) is 1. The number of ether oxygens (including phenoxy) is 1. The van der Waals surface area contributed by atoms with E-state index in [1.54, 1.807) is 42.5 Å². The number of anilines is 1. The van der Waals surface area contributed by atoms with Crippen LogP contribution in [-0.2, 0) is 15.0 Å². The van der Waals surface area contributed by atoms with E-state index in [-0.39, 0.29) is 16.1 Å². The third kappa shape index (κ3) is 5.19. The molecule has 3 aromatic rings. The van der Waals surface area contributed by atoms with Gasteiger partial charge < -0.3 is 4.74 Å². The van der Waals surface area contributed by atoms with Gasteiger partial charge in [-0.2, -0.15) is 0 Å². The number of thiocarbonyl (C=S) groups is 1. The average molecular weight is 491 g/mol. The van der Waals surface area contributed by atoms with Gasteiger partial charge in [-0.1, -0.05) is 56.6 Å². The lowest BCUT2D eigenvalue weighted by atomic mass is 9.87. The van der Waals surface area contributed by atoms with Gasteiger partial charge in [-0.15, -0.1) is 0 Å². The second kappa shape index (κ2) is 9.41. The molecule has 1 aliphatic rings. The van der Waals surface area contributed by atoms with E-state index in [2.05, 4.69) is 26.1 Å². The lowest BCUT2D eigenvalue weighted by Gasteiger charge is -2.29. The largest absolute Gasteiger partial charge is 0.457 e. The summed E-state index contributed by atoms with van der Waals surface area (Å²) in [5, 5.41) is 3.13. The van der Waals surface area contributed by atoms with Crippen LogP contribution >= 0.6 is 23.8 Å². The second-order valence-electron chi connectivity index (χ2n) is 8.88. The van der Waals surface area contributed by atoms with E-state index in [1.165, 1.54) is 16.5 Å². The minimum Gasteiger partial charge on any atom is -0.457 e. The molecule has 1 heterocycles. The lowest BCUT2D eigenvalue weighted by molar-refractivity contribution is -0.122. The average Bonchev–Trinajstić information content (AvgIpc) is 2.78. The molecule has 3 aromatic carbocycles. The summed E-state index contributed by atoms with van der Waals surface area (Å²) in [7, 11) is 0. The Labute approximate surface area is 209 Å². The fraction of sp³-hybridized carbons (Fsp3) is 0.148. The first-order valence-electron chi connectivity index (χ1n) is 10.7. The molecule has 0 unspecified atom stereocenters. The number of halogens is 1. The molecule has 0 aromatic heterocycles. The molecule has 0 atom stereocenters. The predicted octanol–water partition coefficient (Wildman–Crippen LogP) is 6.26. The molecule has 0 bridgehead atoms. The van der Waals surface area contributed by atoms with Gasteiger partial charge in [0.2, 0.25) is 0 Å². The van der Waals surface area contributed by atoms with E-state index in [1.807, 2.05) is 30.3 Å². The van der Waals surface area contributed by atoms with Gasteiger partial charge in [-0.3, -0.25) is 19.8 Å². The Kier molecular flexibility index (Phi) is 6.55. The molecule has 7 heteroatoms. The fourth-order valence-electron chi connectivity index (χ4n) is 3.48. The van der Waals surface area contributed by atoms with Gasteiger partial charge in [0.05, 0.1) is 5.69 Å². The maximum absolute atomic E-state index is 13.2. The van der Waals surface area contributed by atoms with Crippen molar-refractivity contribution in [3.8, 4) is 11.5 Å². The van der Waals surface area contributed by atoms with Crippen LogP contribution in [-0.4, -0.2) is 16.9 Å². The smallest absolute Gasteiger partial charge is 0.270 e. The highest BCUT2D eigenvalue weighted by Gasteiger charge is 2.34. The normalized spacial score (nSPS) is 15.5. The molecule has 172 valence electrons. The number of carbonyl (C=O) groups excluding carboxylic acids is 2. The molecule has 2 amide bonds. The van der Waals surface area contributed by atoms with Crippen LogP contribution in [0.1, 0.15) is 31.9 Å². The molecule has 1 fully saturated rings. The number of hydrogen-bond acceptors (Lipinski definition) is 4. The quantitative estimate of drug-likeness (QED) is 0.266. The summed E-state index contributed by atoms with van der Waals surface area (Å²) in [5.74, 6) is 0.222. The van der Waals surface area contributed by atoms with E-state index < -0.39 is 11.8 Å². The van der Waals surface area contributed by atoms with E-state index >= 15 is 0 Å². The fourth-order valence-corrected chi connectivity index (χ4v) is 3.88. The van der Waals surface area contributed by atoms with Gasteiger partial charge in [-0.25, -0.2) is 0 Å². The zero-order chi connectivity index (χ0) is 24.5. The minimum absolute atomic E-state index is 0.0188. The van der Waals surface area contributed by atoms with Gasteiger partial charge >= 0.3 is 0 Å². The number of amides is 2. The topological polar surface area (TPSA) is 58.6 Å². The first-order chi connectivity index (χ1) is 16.1. The Morgan fingerprint density at radius 2 is 1.62 bits per heavy atom. The van der Waals surface area contributed by atoms with Crippen LogP contribution in [0.25, 0.3) is 6.08 Å². The highest BCUT2D eigenvalue weighted by molar-refractivity contribution is 7.80. The monoisotopic (exact) mass is 490 g/mol. The molecule has 0 aliphatic carbocycles. The predicted molar refractivity (Wildman–Crippen MR) is 139 cm³/mol. The molecule has 4 rings (SSSR count). The van der Waals surface area contributed by atoms with Gasteiger partial charge in [0.1, 0.15) is 17.1 Å². The minimum atomic E-state index is -0.552. The van der Waals surface area contributed by atoms with Gasteiger partial charge in [0.25, 0.3) is 11.8 Å². The van der Waals surface area contributed by atoms with Crippen LogP contribution in [0.5, 0.6) is 11.5 Å². The molecule has 0 spiro atoms. The number of nitrogens with one attached hydrogen (secondary N) is 1. The van der Waals surface area contributed by atoms with Gasteiger partial charge in [0, 0.05) is 5.02 Å². The number of nitrogens with zero attached hydrogens (tertiary/aromatic N) is 1.